The van der Waals surface area contributed by atoms with Crippen LogP contribution in [0.2, 0.25) is 5.02 Å². The molecule has 3 rings (SSSR count). The molecule has 140 valence electrons. The van der Waals surface area contributed by atoms with Crippen LogP contribution in [0.4, 0.5) is 0 Å². The summed E-state index contributed by atoms with van der Waals surface area (Å²) in [6, 6.07) is 7.94. The van der Waals surface area contributed by atoms with Crippen LogP contribution in [-0.2, 0) is 9.59 Å². The molecule has 5 heteroatoms. The number of carbonyl (C=O) groups excluding carboxylic acids is 2. The second kappa shape index (κ2) is 7.43. The SMILES string of the molecule is C=CC(=O)N1CCC(C(=O)N2CCC(c3ccccc3Cl)C2(C)C)CC1. The van der Waals surface area contributed by atoms with Crippen molar-refractivity contribution in [3.8, 4) is 0 Å². The second-order valence-electron chi connectivity index (χ2n) is 7.81. The van der Waals surface area contributed by atoms with Gasteiger partial charge in [-0.15, -0.1) is 0 Å². The first-order valence-electron chi connectivity index (χ1n) is 9.33. The highest BCUT2D eigenvalue weighted by atomic mass is 35.5. The Bertz CT molecular complexity index is 708. The van der Waals surface area contributed by atoms with E-state index >= 15 is 0 Å². The number of hydrogen-bond acceptors (Lipinski definition) is 2. The van der Waals surface area contributed by atoms with E-state index in [9.17, 15) is 9.59 Å². The minimum absolute atomic E-state index is 0.00636. The van der Waals surface area contributed by atoms with Crippen molar-refractivity contribution in [3.05, 3.63) is 47.5 Å². The van der Waals surface area contributed by atoms with Gasteiger partial charge in [-0.1, -0.05) is 36.4 Å². The Labute approximate surface area is 160 Å². The second-order valence-corrected chi connectivity index (χ2v) is 8.22. The quantitative estimate of drug-likeness (QED) is 0.754. The van der Waals surface area contributed by atoms with Gasteiger partial charge in [0, 0.05) is 42.0 Å². The van der Waals surface area contributed by atoms with Gasteiger partial charge in [0.2, 0.25) is 11.8 Å². The van der Waals surface area contributed by atoms with E-state index < -0.39 is 0 Å². The molecule has 0 N–H and O–H groups in total. The van der Waals surface area contributed by atoms with Crippen LogP contribution in [0.3, 0.4) is 0 Å². The number of hydrogen-bond donors (Lipinski definition) is 0. The van der Waals surface area contributed by atoms with E-state index in [4.69, 9.17) is 11.6 Å². The van der Waals surface area contributed by atoms with Crippen molar-refractivity contribution >= 4 is 23.4 Å². The molecule has 2 fully saturated rings. The van der Waals surface area contributed by atoms with Gasteiger partial charge in [-0.25, -0.2) is 0 Å². The summed E-state index contributed by atoms with van der Waals surface area (Å²) >= 11 is 6.42. The average Bonchev–Trinajstić information content (AvgIpc) is 2.95. The van der Waals surface area contributed by atoms with Crippen molar-refractivity contribution in [2.24, 2.45) is 5.92 Å². The first kappa shape index (κ1) is 19.0. The third-order valence-corrected chi connectivity index (χ3v) is 6.41. The van der Waals surface area contributed by atoms with Crippen molar-refractivity contribution in [2.75, 3.05) is 19.6 Å². The fraction of sp³-hybridized carbons (Fsp3) is 0.524. The van der Waals surface area contributed by atoms with Crippen molar-refractivity contribution in [3.63, 3.8) is 0 Å². The van der Waals surface area contributed by atoms with Crippen LogP contribution in [-0.4, -0.2) is 46.8 Å². The standard InChI is InChI=1S/C21H27ClN2O2/c1-4-19(25)23-12-9-15(10-13-23)20(26)24-14-11-17(21(24,2)3)16-7-5-6-8-18(16)22/h4-8,15,17H,1,9-14H2,2-3H3. The Morgan fingerprint density at radius 3 is 2.42 bits per heavy atom. The Morgan fingerprint density at radius 1 is 1.15 bits per heavy atom. The molecule has 0 aromatic heterocycles. The predicted octanol–water partition coefficient (Wildman–Crippen LogP) is 3.86. The van der Waals surface area contributed by atoms with Gasteiger partial charge in [0.25, 0.3) is 0 Å². The lowest BCUT2D eigenvalue weighted by Gasteiger charge is -2.40. The highest BCUT2D eigenvalue weighted by Gasteiger charge is 2.46. The zero-order valence-corrected chi connectivity index (χ0v) is 16.3. The molecule has 0 spiro atoms. The summed E-state index contributed by atoms with van der Waals surface area (Å²) in [5.74, 6) is 0.405. The van der Waals surface area contributed by atoms with Crippen molar-refractivity contribution < 1.29 is 9.59 Å². The summed E-state index contributed by atoms with van der Waals surface area (Å²) in [6.07, 6.45) is 3.72. The molecule has 1 aromatic carbocycles. The van der Waals surface area contributed by atoms with E-state index in [0.717, 1.165) is 36.4 Å². The van der Waals surface area contributed by atoms with E-state index in [1.165, 1.54) is 6.08 Å². The number of piperidine rings is 1. The summed E-state index contributed by atoms with van der Waals surface area (Å²) in [5, 5.41) is 0.774. The monoisotopic (exact) mass is 374 g/mol. The molecule has 0 radical (unpaired) electrons. The summed E-state index contributed by atoms with van der Waals surface area (Å²) in [6.45, 7) is 9.84. The average molecular weight is 375 g/mol. The fourth-order valence-electron chi connectivity index (χ4n) is 4.47. The molecular weight excluding hydrogens is 348 g/mol. The minimum Gasteiger partial charge on any atom is -0.339 e. The van der Waals surface area contributed by atoms with E-state index in [-0.39, 0.29) is 29.2 Å². The van der Waals surface area contributed by atoms with Crippen molar-refractivity contribution in [1.29, 1.82) is 0 Å². The van der Waals surface area contributed by atoms with Crippen LogP contribution < -0.4 is 0 Å². The summed E-state index contributed by atoms with van der Waals surface area (Å²) in [5.41, 5.74) is 0.858. The third kappa shape index (κ3) is 3.39. The largest absolute Gasteiger partial charge is 0.339 e. The minimum atomic E-state index is -0.268. The van der Waals surface area contributed by atoms with Crippen LogP contribution in [0.5, 0.6) is 0 Å². The van der Waals surface area contributed by atoms with Crippen molar-refractivity contribution in [2.45, 2.75) is 44.6 Å². The van der Waals surface area contributed by atoms with Crippen LogP contribution in [0.25, 0.3) is 0 Å². The molecule has 2 saturated heterocycles. The molecule has 0 saturated carbocycles. The number of rotatable bonds is 3. The summed E-state index contributed by atoms with van der Waals surface area (Å²) in [4.78, 5) is 28.7. The van der Waals surface area contributed by atoms with Gasteiger partial charge in [-0.2, -0.15) is 0 Å². The lowest BCUT2D eigenvalue weighted by molar-refractivity contribution is -0.142. The maximum absolute atomic E-state index is 13.2. The van der Waals surface area contributed by atoms with Crippen LogP contribution in [0.1, 0.15) is 44.6 Å². The van der Waals surface area contributed by atoms with Crippen LogP contribution in [0.15, 0.2) is 36.9 Å². The van der Waals surface area contributed by atoms with Gasteiger partial charge in [-0.05, 0) is 50.8 Å². The molecule has 2 aliphatic heterocycles. The zero-order chi connectivity index (χ0) is 18.9. The van der Waals surface area contributed by atoms with Gasteiger partial charge in [0.15, 0.2) is 0 Å². The molecule has 1 atom stereocenters. The number of nitrogens with zero attached hydrogens (tertiary/aromatic N) is 2. The van der Waals surface area contributed by atoms with Gasteiger partial charge in [0.05, 0.1) is 0 Å². The number of likely N-dealkylation sites (tertiary alicyclic amines) is 2. The van der Waals surface area contributed by atoms with E-state index in [1.54, 1.807) is 4.90 Å². The normalized spacial score (nSPS) is 23.1. The van der Waals surface area contributed by atoms with Gasteiger partial charge in [0.1, 0.15) is 0 Å². The van der Waals surface area contributed by atoms with E-state index in [0.29, 0.717) is 13.1 Å². The lowest BCUT2D eigenvalue weighted by atomic mass is 9.82. The topological polar surface area (TPSA) is 40.6 Å². The molecule has 2 amide bonds. The number of benzene rings is 1. The third-order valence-electron chi connectivity index (χ3n) is 6.07. The fourth-order valence-corrected chi connectivity index (χ4v) is 4.74. The Morgan fingerprint density at radius 2 is 1.81 bits per heavy atom. The van der Waals surface area contributed by atoms with Crippen LogP contribution in [0, 0.1) is 5.92 Å². The first-order valence-corrected chi connectivity index (χ1v) is 9.71. The lowest BCUT2D eigenvalue weighted by Crippen LogP contribution is -2.50. The molecule has 2 heterocycles. The molecule has 4 nitrogen and oxygen atoms in total. The Balaban J connectivity index is 1.70. The molecule has 26 heavy (non-hydrogen) atoms. The summed E-state index contributed by atoms with van der Waals surface area (Å²) < 4.78 is 0. The van der Waals surface area contributed by atoms with Crippen LogP contribution >= 0.6 is 11.6 Å². The number of halogens is 1. The number of amides is 2. The first-order chi connectivity index (χ1) is 12.4. The zero-order valence-electron chi connectivity index (χ0n) is 15.6. The van der Waals surface area contributed by atoms with Gasteiger partial charge in [-0.3, -0.25) is 9.59 Å². The molecule has 0 bridgehead atoms. The molecular formula is C21H27ClN2O2. The molecule has 1 aromatic rings. The smallest absolute Gasteiger partial charge is 0.245 e. The highest BCUT2D eigenvalue weighted by molar-refractivity contribution is 6.31. The Kier molecular flexibility index (Phi) is 5.42. The van der Waals surface area contributed by atoms with E-state index in [2.05, 4.69) is 26.5 Å². The molecule has 2 aliphatic rings. The maximum Gasteiger partial charge on any atom is 0.245 e. The van der Waals surface area contributed by atoms with Gasteiger partial charge >= 0.3 is 0 Å². The highest BCUT2D eigenvalue weighted by Crippen LogP contribution is 2.44. The summed E-state index contributed by atoms with van der Waals surface area (Å²) in [7, 11) is 0. The molecule has 1 unspecified atom stereocenters. The Hall–Kier alpha value is -1.81. The van der Waals surface area contributed by atoms with Gasteiger partial charge < -0.3 is 9.80 Å². The molecule has 0 aliphatic carbocycles. The predicted molar refractivity (Wildman–Crippen MR) is 104 cm³/mol. The van der Waals surface area contributed by atoms with Crippen molar-refractivity contribution in [1.82, 2.24) is 9.80 Å². The number of carbonyl (C=O) groups is 2. The maximum atomic E-state index is 13.2. The van der Waals surface area contributed by atoms with E-state index in [1.807, 2.05) is 23.1 Å².